The highest BCUT2D eigenvalue weighted by atomic mass is 35.5. The lowest BCUT2D eigenvalue weighted by atomic mass is 10.2. The van der Waals surface area contributed by atoms with Gasteiger partial charge in [-0.3, -0.25) is 30.2 Å². The topological polar surface area (TPSA) is 182 Å². The van der Waals surface area contributed by atoms with E-state index in [-0.39, 0.29) is 11.4 Å². The van der Waals surface area contributed by atoms with Crippen LogP contribution in [0.4, 0.5) is 17.1 Å². The van der Waals surface area contributed by atoms with Crippen LogP contribution in [0.2, 0.25) is 10.0 Å². The summed E-state index contributed by atoms with van der Waals surface area (Å²) in [6.45, 7) is 0. The third-order valence-corrected chi connectivity index (χ3v) is 8.25. The Hall–Kier alpha value is -6.70. The van der Waals surface area contributed by atoms with Gasteiger partial charge in [0.25, 0.3) is 11.4 Å². The number of nitrogens with two attached hydrogens (primary N) is 1. The van der Waals surface area contributed by atoms with Crippen molar-refractivity contribution in [3.05, 3.63) is 158 Å². The minimum atomic E-state index is -0.467. The molecule has 0 atom stereocenters. The molecule has 4 aromatic carbocycles. The Kier molecular flexibility index (Phi) is 12.4. The zero-order valence-electron chi connectivity index (χ0n) is 28.1. The molecular formula is C38H29Cl2N7O6. The number of methoxy groups -OCH3 is 2. The van der Waals surface area contributed by atoms with Gasteiger partial charge in [0.2, 0.25) is 0 Å². The summed E-state index contributed by atoms with van der Waals surface area (Å²) in [5, 5.41) is 25.8. The molecule has 0 aliphatic rings. The van der Waals surface area contributed by atoms with E-state index in [4.69, 9.17) is 38.4 Å². The number of aromatic nitrogens is 4. The number of hydrogen-bond donors (Lipinski definition) is 1. The average Bonchev–Trinajstić information content (AvgIpc) is 3.19. The summed E-state index contributed by atoms with van der Waals surface area (Å²) in [5.41, 5.74) is 8.82. The van der Waals surface area contributed by atoms with Crippen LogP contribution >= 0.6 is 23.2 Å². The molecule has 8 rings (SSSR count). The van der Waals surface area contributed by atoms with Crippen LogP contribution in [0.3, 0.4) is 0 Å². The Morgan fingerprint density at radius 2 is 0.981 bits per heavy atom. The Morgan fingerprint density at radius 3 is 1.55 bits per heavy atom. The number of nitrogens with zero attached hydrogens (tertiary/aromatic N) is 6. The molecule has 0 amide bonds. The van der Waals surface area contributed by atoms with Gasteiger partial charge in [0.05, 0.1) is 45.8 Å². The van der Waals surface area contributed by atoms with Crippen molar-refractivity contribution in [2.24, 2.45) is 0 Å². The maximum absolute atomic E-state index is 10.7. The van der Waals surface area contributed by atoms with E-state index in [9.17, 15) is 20.2 Å². The van der Waals surface area contributed by atoms with Gasteiger partial charge < -0.3 is 15.2 Å². The summed E-state index contributed by atoms with van der Waals surface area (Å²) in [5.74, 6) is 1.39. The fraction of sp³-hybridized carbons (Fsp3) is 0.0526. The van der Waals surface area contributed by atoms with E-state index < -0.39 is 9.85 Å². The van der Waals surface area contributed by atoms with Gasteiger partial charge in [0.1, 0.15) is 17.0 Å². The normalized spacial score (nSPS) is 10.3. The van der Waals surface area contributed by atoms with Gasteiger partial charge in [-0.1, -0.05) is 29.3 Å². The fourth-order valence-electron chi connectivity index (χ4n) is 5.14. The molecule has 53 heavy (non-hydrogen) atoms. The number of rotatable bonds is 4. The van der Waals surface area contributed by atoms with Crippen molar-refractivity contribution < 1.29 is 19.3 Å². The smallest absolute Gasteiger partial charge is 0.295 e. The molecule has 0 unspecified atom stereocenters. The van der Waals surface area contributed by atoms with E-state index >= 15 is 0 Å². The molecule has 0 saturated carbocycles. The molecule has 15 heteroatoms. The number of ether oxygens (including phenoxy) is 2. The van der Waals surface area contributed by atoms with E-state index in [0.29, 0.717) is 38.3 Å². The zero-order valence-corrected chi connectivity index (χ0v) is 29.6. The Labute approximate surface area is 311 Å². The van der Waals surface area contributed by atoms with Gasteiger partial charge in [-0.05, 0) is 84.9 Å². The summed E-state index contributed by atoms with van der Waals surface area (Å²) >= 11 is 11.8. The van der Waals surface area contributed by atoms with Crippen LogP contribution in [0.5, 0.6) is 11.5 Å². The number of non-ortho nitro benzene ring substituents is 2. The van der Waals surface area contributed by atoms with Crippen molar-refractivity contribution in [1.29, 1.82) is 0 Å². The van der Waals surface area contributed by atoms with Crippen molar-refractivity contribution in [3.8, 4) is 11.5 Å². The Balaban J connectivity index is 0.000000137. The number of fused-ring (bicyclic) bond motifs is 4. The van der Waals surface area contributed by atoms with Crippen LogP contribution in [0.25, 0.3) is 43.6 Å². The number of pyridine rings is 4. The summed E-state index contributed by atoms with van der Waals surface area (Å²) in [4.78, 5) is 36.7. The van der Waals surface area contributed by atoms with Crippen LogP contribution in [0.1, 0.15) is 0 Å². The first-order valence-electron chi connectivity index (χ1n) is 15.5. The van der Waals surface area contributed by atoms with E-state index in [0.717, 1.165) is 32.6 Å². The number of nitro benzene ring substituents is 2. The molecule has 0 saturated heterocycles. The maximum Gasteiger partial charge on any atom is 0.295 e. The predicted molar refractivity (Wildman–Crippen MR) is 208 cm³/mol. The van der Waals surface area contributed by atoms with Gasteiger partial charge in [-0.15, -0.1) is 0 Å². The second kappa shape index (κ2) is 17.5. The first kappa shape index (κ1) is 37.6. The number of halogens is 2. The molecule has 0 aliphatic heterocycles. The molecule has 13 nitrogen and oxygen atoms in total. The van der Waals surface area contributed by atoms with Crippen LogP contribution in [-0.2, 0) is 0 Å². The molecule has 0 bridgehead atoms. The van der Waals surface area contributed by atoms with Crippen LogP contribution in [0, 0.1) is 20.2 Å². The van der Waals surface area contributed by atoms with Gasteiger partial charge in [0, 0.05) is 63.5 Å². The highest BCUT2D eigenvalue weighted by Gasteiger charge is 2.16. The lowest BCUT2D eigenvalue weighted by Crippen LogP contribution is -1.93. The Morgan fingerprint density at radius 1 is 0.528 bits per heavy atom. The highest BCUT2D eigenvalue weighted by molar-refractivity contribution is 6.36. The third-order valence-electron chi connectivity index (χ3n) is 7.59. The van der Waals surface area contributed by atoms with Crippen molar-refractivity contribution in [3.63, 3.8) is 0 Å². The first-order valence-corrected chi connectivity index (χ1v) is 16.3. The molecule has 0 spiro atoms. The molecule has 266 valence electrons. The van der Waals surface area contributed by atoms with Crippen molar-refractivity contribution in [2.75, 3.05) is 20.0 Å². The second-order valence-corrected chi connectivity index (χ2v) is 11.5. The highest BCUT2D eigenvalue weighted by Crippen LogP contribution is 2.31. The molecule has 0 fully saturated rings. The SMILES string of the molecule is COc1ccc(N)c2ncccc12.COc1ccc([N+](=O)[O-])c2ncccc12.Clc1cccc2ncccc12.O=[N+]([O-])c1ccc(Cl)c2cccnc12. The monoisotopic (exact) mass is 749 g/mol. The minimum Gasteiger partial charge on any atom is -0.496 e. The summed E-state index contributed by atoms with van der Waals surface area (Å²) in [6.07, 6.45) is 6.51. The summed E-state index contributed by atoms with van der Waals surface area (Å²) < 4.78 is 10.3. The van der Waals surface area contributed by atoms with Crippen molar-refractivity contribution in [2.45, 2.75) is 0 Å². The standard InChI is InChI=1S/C10H8N2O3.C10H10N2O.C9H5ClN2O2.C9H6ClN/c1-15-9-5-4-8(12(13)14)10-7(9)3-2-6-11-10;1-13-9-5-4-8(11)10-7(9)3-2-6-12-10;10-7-3-4-8(12(13)14)9-6(7)2-1-5-11-9;10-8-4-1-5-9-7(8)3-2-6-11-9/h2-6H,1H3;2-6H,11H2,1H3;1-5H;1-6H. The summed E-state index contributed by atoms with van der Waals surface area (Å²) in [6, 6.07) is 29.7. The van der Waals surface area contributed by atoms with E-state index in [1.54, 1.807) is 55.9 Å². The minimum absolute atomic E-state index is 0.00796. The third kappa shape index (κ3) is 8.79. The van der Waals surface area contributed by atoms with Gasteiger partial charge in [-0.2, -0.15) is 0 Å². The van der Waals surface area contributed by atoms with Gasteiger partial charge in [-0.25, -0.2) is 9.97 Å². The van der Waals surface area contributed by atoms with E-state index in [2.05, 4.69) is 19.9 Å². The molecule has 8 aromatic rings. The number of benzene rings is 4. The van der Waals surface area contributed by atoms with Gasteiger partial charge >= 0.3 is 0 Å². The molecule has 4 heterocycles. The van der Waals surface area contributed by atoms with Crippen LogP contribution in [-0.4, -0.2) is 44.0 Å². The summed E-state index contributed by atoms with van der Waals surface area (Å²) in [7, 11) is 3.16. The molecular weight excluding hydrogens is 721 g/mol. The van der Waals surface area contributed by atoms with Crippen LogP contribution < -0.4 is 15.2 Å². The number of hydrogen-bond acceptors (Lipinski definition) is 11. The fourth-order valence-corrected chi connectivity index (χ4v) is 5.59. The molecule has 4 aromatic heterocycles. The van der Waals surface area contributed by atoms with Crippen molar-refractivity contribution in [1.82, 2.24) is 19.9 Å². The predicted octanol–water partition coefficient (Wildman–Crippen LogP) is 9.66. The molecule has 0 aliphatic carbocycles. The van der Waals surface area contributed by atoms with E-state index in [1.807, 2.05) is 48.5 Å². The molecule has 2 N–H and O–H groups in total. The van der Waals surface area contributed by atoms with Crippen LogP contribution in [0.15, 0.2) is 128 Å². The number of nitro groups is 2. The first-order chi connectivity index (χ1) is 25.6. The van der Waals surface area contributed by atoms with E-state index in [1.165, 1.54) is 37.7 Å². The number of anilines is 1. The largest absolute Gasteiger partial charge is 0.496 e. The van der Waals surface area contributed by atoms with Gasteiger partial charge in [0.15, 0.2) is 5.52 Å². The molecule has 0 radical (unpaired) electrons. The average molecular weight is 751 g/mol. The quantitative estimate of drug-likeness (QED) is 0.103. The lowest BCUT2D eigenvalue weighted by molar-refractivity contribution is -0.383. The second-order valence-electron chi connectivity index (χ2n) is 10.7. The lowest BCUT2D eigenvalue weighted by Gasteiger charge is -2.05. The number of nitrogen functional groups attached to an aromatic ring is 1. The van der Waals surface area contributed by atoms with Crippen molar-refractivity contribution >= 4 is 83.9 Å². The zero-order chi connectivity index (χ0) is 37.9. The Bertz CT molecular complexity index is 2570. The maximum atomic E-state index is 10.7.